The van der Waals surface area contributed by atoms with E-state index < -0.39 is 10.0 Å². The lowest BCUT2D eigenvalue weighted by Gasteiger charge is -2.29. The summed E-state index contributed by atoms with van der Waals surface area (Å²) in [6.07, 6.45) is 4.45. The molecule has 2 aromatic carbocycles. The van der Waals surface area contributed by atoms with Crippen molar-refractivity contribution in [3.63, 3.8) is 0 Å². The normalized spacial score (nSPS) is 17.6. The first-order chi connectivity index (χ1) is 13.9. The molecule has 0 bridgehead atoms. The van der Waals surface area contributed by atoms with E-state index in [1.165, 1.54) is 6.07 Å². The van der Waals surface area contributed by atoms with Gasteiger partial charge in [-0.25, -0.2) is 0 Å². The number of fused-ring (bicyclic) bond motifs is 3. The van der Waals surface area contributed by atoms with Gasteiger partial charge in [-0.1, -0.05) is 31.5 Å². The number of amides is 1. The van der Waals surface area contributed by atoms with Crippen molar-refractivity contribution < 1.29 is 13.2 Å². The molecule has 2 aliphatic rings. The summed E-state index contributed by atoms with van der Waals surface area (Å²) < 4.78 is 29.6. The van der Waals surface area contributed by atoms with Gasteiger partial charge < -0.3 is 10.2 Å². The van der Waals surface area contributed by atoms with Gasteiger partial charge in [-0.3, -0.25) is 4.79 Å². The number of anilines is 2. The summed E-state index contributed by atoms with van der Waals surface area (Å²) in [5.41, 5.74) is 3.74. The Bertz CT molecular complexity index is 1110. The molecule has 7 heteroatoms. The van der Waals surface area contributed by atoms with Crippen LogP contribution in [0.2, 0.25) is 0 Å². The summed E-state index contributed by atoms with van der Waals surface area (Å²) in [5, 5.41) is 2.96. The molecule has 1 amide bonds. The lowest BCUT2D eigenvalue weighted by molar-refractivity contribution is 0.102. The molecule has 2 aromatic rings. The van der Waals surface area contributed by atoms with Gasteiger partial charge in [0.15, 0.2) is 0 Å². The molecule has 0 aliphatic carbocycles. The first-order valence-corrected chi connectivity index (χ1v) is 11.5. The maximum Gasteiger partial charge on any atom is 0.286 e. The van der Waals surface area contributed by atoms with E-state index in [4.69, 9.17) is 0 Å². The van der Waals surface area contributed by atoms with Gasteiger partial charge in [-0.2, -0.15) is 8.42 Å². The summed E-state index contributed by atoms with van der Waals surface area (Å²) in [6, 6.07) is 10.8. The van der Waals surface area contributed by atoms with E-state index in [9.17, 15) is 13.2 Å². The molecule has 1 saturated heterocycles. The number of benzene rings is 2. The molecule has 2 aliphatic heterocycles. The van der Waals surface area contributed by atoms with Crippen LogP contribution in [0.15, 0.2) is 45.7 Å². The second-order valence-electron chi connectivity index (χ2n) is 7.54. The van der Waals surface area contributed by atoms with Crippen molar-refractivity contribution in [3.8, 4) is 0 Å². The van der Waals surface area contributed by atoms with Crippen LogP contribution in [-0.4, -0.2) is 26.7 Å². The smallest absolute Gasteiger partial charge is 0.286 e. The van der Waals surface area contributed by atoms with E-state index >= 15 is 0 Å². The Labute approximate surface area is 171 Å². The van der Waals surface area contributed by atoms with E-state index in [-0.39, 0.29) is 10.8 Å². The van der Waals surface area contributed by atoms with Gasteiger partial charge in [0.25, 0.3) is 15.9 Å². The molecular formula is C22H25N3O3S. The Morgan fingerprint density at radius 3 is 2.79 bits per heavy atom. The Balaban J connectivity index is 1.70. The van der Waals surface area contributed by atoms with Crippen molar-refractivity contribution in [2.45, 2.75) is 50.8 Å². The number of carbonyl (C=O) groups is 1. The van der Waals surface area contributed by atoms with Gasteiger partial charge in [0.2, 0.25) is 0 Å². The number of carbonyl (C=O) groups excluding carboxylic acids is 1. The van der Waals surface area contributed by atoms with Crippen LogP contribution in [-0.2, 0) is 16.4 Å². The van der Waals surface area contributed by atoms with Crippen molar-refractivity contribution in [2.24, 2.45) is 4.40 Å². The average Bonchev–Trinajstić information content (AvgIpc) is 2.94. The van der Waals surface area contributed by atoms with E-state index in [1.54, 1.807) is 12.1 Å². The van der Waals surface area contributed by atoms with Crippen molar-refractivity contribution in [1.29, 1.82) is 0 Å². The van der Waals surface area contributed by atoms with Crippen molar-refractivity contribution in [1.82, 2.24) is 0 Å². The number of hydrogen-bond acceptors (Lipinski definition) is 4. The number of para-hydroxylation sites is 1. The van der Waals surface area contributed by atoms with Crippen LogP contribution in [0.5, 0.6) is 0 Å². The maximum atomic E-state index is 12.9. The van der Waals surface area contributed by atoms with Gasteiger partial charge in [-0.15, -0.1) is 4.40 Å². The molecule has 0 spiro atoms. The molecule has 6 nitrogen and oxygen atoms in total. The molecule has 2 heterocycles. The Morgan fingerprint density at radius 2 is 2.00 bits per heavy atom. The van der Waals surface area contributed by atoms with Gasteiger partial charge in [0.05, 0.1) is 5.69 Å². The van der Waals surface area contributed by atoms with Crippen LogP contribution >= 0.6 is 0 Å². The molecule has 0 atom stereocenters. The third-order valence-corrected chi connectivity index (χ3v) is 6.92. The molecule has 0 unspecified atom stereocenters. The predicted octanol–water partition coefficient (Wildman–Crippen LogP) is 4.29. The molecule has 0 aromatic heterocycles. The first kappa shape index (κ1) is 19.6. The first-order valence-electron chi connectivity index (χ1n) is 10.1. The van der Waals surface area contributed by atoms with Crippen molar-refractivity contribution in [2.75, 3.05) is 16.8 Å². The Morgan fingerprint density at radius 1 is 1.17 bits per heavy atom. The van der Waals surface area contributed by atoms with Crippen LogP contribution in [0, 0.1) is 6.92 Å². The van der Waals surface area contributed by atoms with Crippen LogP contribution in [0.4, 0.5) is 11.4 Å². The third kappa shape index (κ3) is 3.67. The zero-order valence-electron chi connectivity index (χ0n) is 16.7. The SMILES string of the molecule is CCc1cccc(C)c1NC(=O)c1ccc2c(c1)S(=O)(=O)N=C1CCCCCN12. The third-order valence-electron chi connectivity index (χ3n) is 5.59. The van der Waals surface area contributed by atoms with Crippen molar-refractivity contribution >= 4 is 33.1 Å². The summed E-state index contributed by atoms with van der Waals surface area (Å²) >= 11 is 0. The molecular weight excluding hydrogens is 386 g/mol. The van der Waals surface area contributed by atoms with Gasteiger partial charge in [0, 0.05) is 24.2 Å². The lowest BCUT2D eigenvalue weighted by atomic mass is 10.1. The zero-order chi connectivity index (χ0) is 20.6. The maximum absolute atomic E-state index is 12.9. The second-order valence-corrected chi connectivity index (χ2v) is 9.12. The van der Waals surface area contributed by atoms with Crippen LogP contribution in [0.25, 0.3) is 0 Å². The molecule has 152 valence electrons. The number of aryl methyl sites for hydroxylation is 2. The van der Waals surface area contributed by atoms with E-state index in [0.717, 1.165) is 49.0 Å². The zero-order valence-corrected chi connectivity index (χ0v) is 17.6. The van der Waals surface area contributed by atoms with Gasteiger partial charge in [-0.05, 0) is 55.5 Å². The minimum Gasteiger partial charge on any atom is -0.328 e. The Hall–Kier alpha value is -2.67. The summed E-state index contributed by atoms with van der Waals surface area (Å²) in [5.74, 6) is 0.289. The highest BCUT2D eigenvalue weighted by atomic mass is 32.2. The largest absolute Gasteiger partial charge is 0.328 e. The fourth-order valence-electron chi connectivity index (χ4n) is 4.01. The second kappa shape index (κ2) is 7.63. The number of amidine groups is 1. The molecule has 4 rings (SSSR count). The highest BCUT2D eigenvalue weighted by Crippen LogP contribution is 2.35. The minimum absolute atomic E-state index is 0.108. The van der Waals surface area contributed by atoms with Crippen LogP contribution < -0.4 is 10.2 Å². The number of nitrogens with zero attached hydrogens (tertiary/aromatic N) is 2. The molecule has 1 fully saturated rings. The summed E-state index contributed by atoms with van der Waals surface area (Å²) in [4.78, 5) is 15.0. The highest BCUT2D eigenvalue weighted by molar-refractivity contribution is 7.90. The highest BCUT2D eigenvalue weighted by Gasteiger charge is 2.32. The fraction of sp³-hybridized carbons (Fsp3) is 0.364. The number of hydrogen-bond donors (Lipinski definition) is 1. The van der Waals surface area contributed by atoms with Crippen molar-refractivity contribution in [3.05, 3.63) is 53.1 Å². The van der Waals surface area contributed by atoms with Gasteiger partial charge >= 0.3 is 0 Å². The average molecular weight is 412 g/mol. The molecule has 29 heavy (non-hydrogen) atoms. The molecule has 1 N–H and O–H groups in total. The monoisotopic (exact) mass is 411 g/mol. The number of sulfonamides is 1. The minimum atomic E-state index is -3.81. The van der Waals surface area contributed by atoms with E-state index in [1.807, 2.05) is 36.9 Å². The van der Waals surface area contributed by atoms with E-state index in [2.05, 4.69) is 9.71 Å². The lowest BCUT2D eigenvalue weighted by Crippen LogP contribution is -2.35. The molecule has 0 saturated carbocycles. The summed E-state index contributed by atoms with van der Waals surface area (Å²) in [7, 11) is -3.81. The molecule has 0 radical (unpaired) electrons. The van der Waals surface area contributed by atoms with Gasteiger partial charge in [0.1, 0.15) is 10.7 Å². The number of rotatable bonds is 3. The predicted molar refractivity (Wildman–Crippen MR) is 115 cm³/mol. The van der Waals surface area contributed by atoms with Crippen LogP contribution in [0.1, 0.15) is 54.1 Å². The standard InChI is InChI=1S/C22H25N3O3S/c1-3-16-9-7-8-15(2)21(16)23-22(26)17-11-12-18-19(14-17)29(27,28)24-20-10-5-4-6-13-25(18)20/h7-9,11-12,14H,3-6,10,13H2,1-2H3,(H,23,26). The fourth-order valence-corrected chi connectivity index (χ4v) is 5.29. The quantitative estimate of drug-likeness (QED) is 0.817. The number of nitrogens with one attached hydrogen (secondary N) is 1. The summed E-state index contributed by atoms with van der Waals surface area (Å²) in [6.45, 7) is 4.73. The topological polar surface area (TPSA) is 78.8 Å². The Kier molecular flexibility index (Phi) is 5.17. The van der Waals surface area contributed by atoms with E-state index in [0.29, 0.717) is 23.5 Å². The van der Waals surface area contributed by atoms with Crippen LogP contribution in [0.3, 0.4) is 0 Å².